The van der Waals surface area contributed by atoms with Gasteiger partial charge in [-0.05, 0) is 25.3 Å². The smallest absolute Gasteiger partial charge is 0.0645 e. The molecule has 2 heterocycles. The maximum Gasteiger partial charge on any atom is 0.0645 e. The minimum atomic E-state index is 0.0980. The molecular formula is C14H20N2OS. The Morgan fingerprint density at radius 2 is 2.39 bits per heavy atom. The van der Waals surface area contributed by atoms with Gasteiger partial charge in [0.15, 0.2) is 0 Å². The maximum absolute atomic E-state index is 5.55. The molecule has 18 heavy (non-hydrogen) atoms. The molecule has 3 nitrogen and oxygen atoms in total. The third-order valence-corrected chi connectivity index (χ3v) is 4.13. The van der Waals surface area contributed by atoms with Crippen LogP contribution in [0, 0.1) is 11.8 Å². The van der Waals surface area contributed by atoms with E-state index >= 15 is 0 Å². The van der Waals surface area contributed by atoms with Crippen molar-refractivity contribution >= 4 is 11.3 Å². The van der Waals surface area contributed by atoms with Crippen LogP contribution < -0.4 is 5.73 Å². The van der Waals surface area contributed by atoms with Crippen LogP contribution in [0.3, 0.4) is 0 Å². The highest BCUT2D eigenvalue weighted by molar-refractivity contribution is 7.10. The Bertz CT molecular complexity index is 456. The van der Waals surface area contributed by atoms with Crippen molar-refractivity contribution < 1.29 is 4.74 Å². The molecule has 98 valence electrons. The molecule has 2 N–H and O–H groups in total. The summed E-state index contributed by atoms with van der Waals surface area (Å²) in [6.45, 7) is 8.41. The first kappa shape index (κ1) is 13.6. The van der Waals surface area contributed by atoms with Gasteiger partial charge in [0, 0.05) is 29.1 Å². The minimum absolute atomic E-state index is 0.0980. The zero-order chi connectivity index (χ0) is 13.0. The second-order valence-electron chi connectivity index (χ2n) is 5.05. The van der Waals surface area contributed by atoms with Gasteiger partial charge in [-0.2, -0.15) is 0 Å². The van der Waals surface area contributed by atoms with Crippen molar-refractivity contribution in [3.05, 3.63) is 21.9 Å². The molecule has 1 aromatic rings. The van der Waals surface area contributed by atoms with Crippen molar-refractivity contribution in [2.75, 3.05) is 26.3 Å². The molecule has 0 aromatic carbocycles. The summed E-state index contributed by atoms with van der Waals surface area (Å²) >= 11 is 1.77. The van der Waals surface area contributed by atoms with Crippen molar-refractivity contribution in [3.8, 4) is 11.8 Å². The van der Waals surface area contributed by atoms with Gasteiger partial charge in [-0.3, -0.25) is 4.90 Å². The van der Waals surface area contributed by atoms with Gasteiger partial charge < -0.3 is 10.5 Å². The fourth-order valence-corrected chi connectivity index (χ4v) is 2.92. The van der Waals surface area contributed by atoms with Gasteiger partial charge in [-0.25, -0.2) is 0 Å². The average Bonchev–Trinajstić information content (AvgIpc) is 2.76. The third kappa shape index (κ3) is 3.12. The molecule has 1 fully saturated rings. The normalized spacial score (nSPS) is 19.3. The lowest BCUT2D eigenvalue weighted by molar-refractivity contribution is -0.0548. The topological polar surface area (TPSA) is 38.5 Å². The Kier molecular flexibility index (Phi) is 4.41. The summed E-state index contributed by atoms with van der Waals surface area (Å²) in [4.78, 5) is 3.79. The lowest BCUT2D eigenvalue weighted by Crippen LogP contribution is -2.52. The highest BCUT2D eigenvalue weighted by Crippen LogP contribution is 2.25. The Morgan fingerprint density at radius 1 is 1.56 bits per heavy atom. The van der Waals surface area contributed by atoms with Crippen molar-refractivity contribution in [2.45, 2.75) is 25.9 Å². The van der Waals surface area contributed by atoms with Crippen LogP contribution in [0.15, 0.2) is 11.4 Å². The van der Waals surface area contributed by atoms with E-state index in [-0.39, 0.29) is 5.54 Å². The van der Waals surface area contributed by atoms with Crippen LogP contribution >= 0.6 is 11.3 Å². The van der Waals surface area contributed by atoms with Gasteiger partial charge in [-0.1, -0.05) is 11.8 Å². The zero-order valence-electron chi connectivity index (χ0n) is 11.0. The molecule has 0 amide bonds. The van der Waals surface area contributed by atoms with Crippen LogP contribution in [0.4, 0.5) is 0 Å². The van der Waals surface area contributed by atoms with E-state index in [9.17, 15) is 0 Å². The molecule has 0 aliphatic carbocycles. The van der Waals surface area contributed by atoms with E-state index in [2.05, 4.69) is 42.0 Å². The minimum Gasteiger partial charge on any atom is -0.378 e. The number of morpholine rings is 1. The lowest BCUT2D eigenvalue weighted by Gasteiger charge is -2.42. The summed E-state index contributed by atoms with van der Waals surface area (Å²) in [6.07, 6.45) is 0. The second kappa shape index (κ2) is 5.85. The van der Waals surface area contributed by atoms with E-state index in [1.165, 1.54) is 4.88 Å². The second-order valence-corrected chi connectivity index (χ2v) is 6.05. The molecule has 2 rings (SSSR count). The molecular weight excluding hydrogens is 244 g/mol. The highest BCUT2D eigenvalue weighted by Gasteiger charge is 2.30. The molecule has 1 aliphatic rings. The van der Waals surface area contributed by atoms with Crippen molar-refractivity contribution in [2.24, 2.45) is 5.73 Å². The van der Waals surface area contributed by atoms with Crippen LogP contribution in [0.2, 0.25) is 0 Å². The first-order valence-electron chi connectivity index (χ1n) is 6.21. The Hall–Kier alpha value is -0.860. The molecule has 1 saturated heterocycles. The summed E-state index contributed by atoms with van der Waals surface area (Å²) in [5, 5.41) is 2.10. The Balaban J connectivity index is 2.11. The summed E-state index contributed by atoms with van der Waals surface area (Å²) in [6, 6.07) is 2.08. The number of ether oxygens (including phenoxy) is 1. The maximum atomic E-state index is 5.55. The fourth-order valence-electron chi connectivity index (χ4n) is 2.08. The first-order chi connectivity index (χ1) is 8.63. The number of nitrogens with two attached hydrogens (primary N) is 1. The summed E-state index contributed by atoms with van der Waals surface area (Å²) in [5.41, 5.74) is 6.64. The van der Waals surface area contributed by atoms with Crippen LogP contribution in [0.5, 0.6) is 0 Å². The average molecular weight is 264 g/mol. The number of hydrogen-bond donors (Lipinski definition) is 1. The molecule has 0 atom stereocenters. The number of hydrogen-bond acceptors (Lipinski definition) is 4. The standard InChI is InChI=1S/C14H20N2OS/c1-14(2)11-17-8-7-16(14)10-13-12(4-3-6-15)5-9-18-13/h5,9H,6-8,10-11,15H2,1-2H3. The van der Waals surface area contributed by atoms with Crippen LogP contribution in [-0.2, 0) is 11.3 Å². The molecule has 1 aliphatic heterocycles. The van der Waals surface area contributed by atoms with Crippen molar-refractivity contribution in [1.82, 2.24) is 4.90 Å². The van der Waals surface area contributed by atoms with Gasteiger partial charge in [0.05, 0.1) is 19.8 Å². The van der Waals surface area contributed by atoms with Gasteiger partial charge in [-0.15, -0.1) is 11.3 Å². The summed E-state index contributed by atoms with van der Waals surface area (Å²) in [7, 11) is 0. The van der Waals surface area contributed by atoms with Gasteiger partial charge in [0.25, 0.3) is 0 Å². The van der Waals surface area contributed by atoms with E-state index < -0.39 is 0 Å². The molecule has 0 radical (unpaired) electrons. The molecule has 0 bridgehead atoms. The van der Waals surface area contributed by atoms with Crippen molar-refractivity contribution in [3.63, 3.8) is 0 Å². The lowest BCUT2D eigenvalue weighted by atomic mass is 10.0. The zero-order valence-corrected chi connectivity index (χ0v) is 11.8. The fraction of sp³-hybridized carbons (Fsp3) is 0.571. The number of thiophene rings is 1. The predicted molar refractivity (Wildman–Crippen MR) is 75.6 cm³/mol. The van der Waals surface area contributed by atoms with E-state index in [4.69, 9.17) is 10.5 Å². The van der Waals surface area contributed by atoms with E-state index in [0.29, 0.717) is 6.54 Å². The number of nitrogens with zero attached hydrogens (tertiary/aromatic N) is 1. The third-order valence-electron chi connectivity index (χ3n) is 3.22. The molecule has 1 aromatic heterocycles. The van der Waals surface area contributed by atoms with Crippen LogP contribution in [0.1, 0.15) is 24.3 Å². The largest absolute Gasteiger partial charge is 0.378 e. The number of rotatable bonds is 2. The molecule has 4 heteroatoms. The summed E-state index contributed by atoms with van der Waals surface area (Å²) in [5.74, 6) is 6.08. The van der Waals surface area contributed by atoms with E-state index in [0.717, 1.165) is 31.9 Å². The Morgan fingerprint density at radius 3 is 3.11 bits per heavy atom. The van der Waals surface area contributed by atoms with Gasteiger partial charge in [0.2, 0.25) is 0 Å². The van der Waals surface area contributed by atoms with Crippen LogP contribution in [-0.4, -0.2) is 36.7 Å². The monoisotopic (exact) mass is 264 g/mol. The predicted octanol–water partition coefficient (Wildman–Crippen LogP) is 1.67. The van der Waals surface area contributed by atoms with E-state index in [1.807, 2.05) is 0 Å². The molecule has 0 saturated carbocycles. The molecule has 0 spiro atoms. The van der Waals surface area contributed by atoms with Crippen LogP contribution in [0.25, 0.3) is 0 Å². The summed E-state index contributed by atoms with van der Waals surface area (Å²) < 4.78 is 5.55. The molecule has 0 unspecified atom stereocenters. The van der Waals surface area contributed by atoms with Gasteiger partial charge in [0.1, 0.15) is 0 Å². The SMILES string of the molecule is CC1(C)COCCN1Cc1sccc1C#CCN. The highest BCUT2D eigenvalue weighted by atomic mass is 32.1. The van der Waals surface area contributed by atoms with Gasteiger partial charge >= 0.3 is 0 Å². The van der Waals surface area contributed by atoms with Crippen molar-refractivity contribution in [1.29, 1.82) is 0 Å². The first-order valence-corrected chi connectivity index (χ1v) is 7.09. The van der Waals surface area contributed by atoms with E-state index in [1.54, 1.807) is 11.3 Å². The quantitative estimate of drug-likeness (QED) is 0.826. The Labute approximate surface area is 113 Å².